The van der Waals surface area contributed by atoms with Crippen molar-refractivity contribution in [3.63, 3.8) is 0 Å². The quantitative estimate of drug-likeness (QED) is 0.641. The van der Waals surface area contributed by atoms with E-state index in [0.717, 1.165) is 0 Å². The van der Waals surface area contributed by atoms with Gasteiger partial charge in [-0.1, -0.05) is 6.07 Å². The van der Waals surface area contributed by atoms with Gasteiger partial charge >= 0.3 is 12.1 Å². The number of hydrogen-bond acceptors (Lipinski definition) is 4. The molecular weight excluding hydrogens is 261 g/mol. The van der Waals surface area contributed by atoms with Crippen molar-refractivity contribution in [3.8, 4) is 0 Å². The predicted molar refractivity (Wildman–Crippen MR) is 66.0 cm³/mol. The molecule has 1 aromatic carbocycles. The molecule has 19 heavy (non-hydrogen) atoms. The standard InChI is InChI=1S/C12H15F3N2O2/c1-2-19-11(18)8-4-3-5-9(16)10(8)17-7-6-12(13,14)15/h3-5,17H,2,6-7,16H2,1H3. The van der Waals surface area contributed by atoms with Gasteiger partial charge in [-0.05, 0) is 19.1 Å². The van der Waals surface area contributed by atoms with Crippen LogP contribution in [0.1, 0.15) is 23.7 Å². The van der Waals surface area contributed by atoms with Gasteiger partial charge in [-0.2, -0.15) is 13.2 Å². The van der Waals surface area contributed by atoms with Gasteiger partial charge in [0.25, 0.3) is 0 Å². The van der Waals surface area contributed by atoms with E-state index in [9.17, 15) is 18.0 Å². The van der Waals surface area contributed by atoms with E-state index in [1.54, 1.807) is 6.92 Å². The highest BCUT2D eigenvalue weighted by atomic mass is 19.4. The third-order valence-corrected chi connectivity index (χ3v) is 2.30. The Morgan fingerprint density at radius 1 is 1.42 bits per heavy atom. The van der Waals surface area contributed by atoms with Crippen LogP contribution in [0.4, 0.5) is 24.5 Å². The Labute approximate surface area is 108 Å². The maximum atomic E-state index is 12.1. The molecule has 0 aliphatic rings. The van der Waals surface area contributed by atoms with E-state index in [4.69, 9.17) is 10.5 Å². The van der Waals surface area contributed by atoms with E-state index >= 15 is 0 Å². The number of ether oxygens (including phenoxy) is 1. The molecule has 0 spiro atoms. The first-order chi connectivity index (χ1) is 8.85. The second kappa shape index (κ2) is 6.31. The molecule has 1 rings (SSSR count). The minimum absolute atomic E-state index is 0.129. The molecule has 0 saturated carbocycles. The van der Waals surface area contributed by atoms with E-state index in [0.29, 0.717) is 0 Å². The normalized spacial score (nSPS) is 11.2. The van der Waals surface area contributed by atoms with Crippen molar-refractivity contribution in [1.82, 2.24) is 0 Å². The van der Waals surface area contributed by atoms with Crippen LogP contribution in [-0.4, -0.2) is 25.3 Å². The summed E-state index contributed by atoms with van der Waals surface area (Å²) in [6.45, 7) is 1.46. The van der Waals surface area contributed by atoms with E-state index in [-0.39, 0.29) is 30.1 Å². The maximum Gasteiger partial charge on any atom is 0.390 e. The van der Waals surface area contributed by atoms with Gasteiger partial charge < -0.3 is 15.8 Å². The van der Waals surface area contributed by atoms with Crippen LogP contribution >= 0.6 is 0 Å². The fraction of sp³-hybridized carbons (Fsp3) is 0.417. The first-order valence-corrected chi connectivity index (χ1v) is 5.71. The number of nitrogen functional groups attached to an aromatic ring is 1. The molecule has 0 saturated heterocycles. The topological polar surface area (TPSA) is 64.3 Å². The fourth-order valence-corrected chi connectivity index (χ4v) is 1.48. The number of carbonyl (C=O) groups excluding carboxylic acids is 1. The zero-order chi connectivity index (χ0) is 14.5. The van der Waals surface area contributed by atoms with Crippen molar-refractivity contribution >= 4 is 17.3 Å². The average molecular weight is 276 g/mol. The summed E-state index contributed by atoms with van der Waals surface area (Å²) >= 11 is 0. The van der Waals surface area contributed by atoms with Crippen molar-refractivity contribution in [2.45, 2.75) is 19.5 Å². The molecule has 3 N–H and O–H groups in total. The Bertz CT molecular complexity index is 447. The van der Waals surface area contributed by atoms with E-state index < -0.39 is 18.6 Å². The number of nitrogens with one attached hydrogen (secondary N) is 1. The highest BCUT2D eigenvalue weighted by molar-refractivity contribution is 5.98. The minimum atomic E-state index is -4.26. The molecule has 1 aromatic rings. The summed E-state index contributed by atoms with van der Waals surface area (Å²) < 4.78 is 41.0. The zero-order valence-corrected chi connectivity index (χ0v) is 10.4. The SMILES string of the molecule is CCOC(=O)c1cccc(N)c1NCCC(F)(F)F. The second-order valence-electron chi connectivity index (χ2n) is 3.78. The summed E-state index contributed by atoms with van der Waals surface area (Å²) in [5.41, 5.74) is 6.16. The van der Waals surface area contributed by atoms with Crippen molar-refractivity contribution in [2.24, 2.45) is 0 Å². The smallest absolute Gasteiger partial charge is 0.390 e. The van der Waals surface area contributed by atoms with E-state index in [1.165, 1.54) is 18.2 Å². The van der Waals surface area contributed by atoms with Gasteiger partial charge in [0.1, 0.15) is 0 Å². The molecule has 7 heteroatoms. The van der Waals surface area contributed by atoms with Crippen LogP contribution in [0.15, 0.2) is 18.2 Å². The summed E-state index contributed by atoms with van der Waals surface area (Å²) in [4.78, 5) is 11.6. The number of nitrogens with two attached hydrogens (primary N) is 1. The Morgan fingerprint density at radius 3 is 2.68 bits per heavy atom. The van der Waals surface area contributed by atoms with Gasteiger partial charge in [0.05, 0.1) is 30.0 Å². The van der Waals surface area contributed by atoms with Crippen LogP contribution in [0.25, 0.3) is 0 Å². The molecule has 0 unspecified atom stereocenters. The molecule has 0 fully saturated rings. The fourth-order valence-electron chi connectivity index (χ4n) is 1.48. The highest BCUT2D eigenvalue weighted by Gasteiger charge is 2.26. The molecule has 0 heterocycles. The lowest BCUT2D eigenvalue weighted by atomic mass is 10.1. The van der Waals surface area contributed by atoms with Crippen LogP contribution in [0.5, 0.6) is 0 Å². The number of alkyl halides is 3. The monoisotopic (exact) mass is 276 g/mol. The summed E-state index contributed by atoms with van der Waals surface area (Å²) in [7, 11) is 0. The lowest BCUT2D eigenvalue weighted by molar-refractivity contribution is -0.131. The highest BCUT2D eigenvalue weighted by Crippen LogP contribution is 2.26. The van der Waals surface area contributed by atoms with E-state index in [1.807, 2.05) is 0 Å². The number of para-hydroxylation sites is 1. The predicted octanol–water partition coefficient (Wildman–Crippen LogP) is 2.81. The van der Waals surface area contributed by atoms with Gasteiger partial charge in [0.15, 0.2) is 0 Å². The summed E-state index contributed by atoms with van der Waals surface area (Å²) in [6.07, 6.45) is -5.27. The molecule has 0 aliphatic heterocycles. The molecule has 0 aromatic heterocycles. The zero-order valence-electron chi connectivity index (χ0n) is 10.4. The lowest BCUT2D eigenvalue weighted by Crippen LogP contribution is -2.17. The minimum Gasteiger partial charge on any atom is -0.462 e. The Balaban J connectivity index is 2.83. The summed E-state index contributed by atoms with van der Waals surface area (Å²) in [5.74, 6) is -0.621. The van der Waals surface area contributed by atoms with Crippen LogP contribution in [0, 0.1) is 0 Å². The molecule has 0 radical (unpaired) electrons. The summed E-state index contributed by atoms with van der Waals surface area (Å²) in [6, 6.07) is 4.49. The van der Waals surface area contributed by atoms with Crippen LogP contribution in [-0.2, 0) is 4.74 Å². The molecule has 4 nitrogen and oxygen atoms in total. The van der Waals surface area contributed by atoms with Gasteiger partial charge in [0.2, 0.25) is 0 Å². The second-order valence-corrected chi connectivity index (χ2v) is 3.78. The number of halogens is 3. The third kappa shape index (κ3) is 4.69. The van der Waals surface area contributed by atoms with E-state index in [2.05, 4.69) is 5.32 Å². The maximum absolute atomic E-state index is 12.1. The number of carbonyl (C=O) groups is 1. The van der Waals surface area contributed by atoms with Crippen molar-refractivity contribution in [3.05, 3.63) is 23.8 Å². The molecule has 0 bridgehead atoms. The Morgan fingerprint density at radius 2 is 2.11 bits per heavy atom. The molecule has 106 valence electrons. The molecule has 0 amide bonds. The van der Waals surface area contributed by atoms with Crippen molar-refractivity contribution < 1.29 is 22.7 Å². The van der Waals surface area contributed by atoms with Crippen LogP contribution in [0.2, 0.25) is 0 Å². The number of anilines is 2. The molecule has 0 aliphatic carbocycles. The number of hydrogen-bond donors (Lipinski definition) is 2. The third-order valence-electron chi connectivity index (χ3n) is 2.30. The number of esters is 1. The Hall–Kier alpha value is -1.92. The van der Waals surface area contributed by atoms with Crippen molar-refractivity contribution in [2.75, 3.05) is 24.2 Å². The number of rotatable bonds is 5. The van der Waals surface area contributed by atoms with Crippen LogP contribution < -0.4 is 11.1 Å². The largest absolute Gasteiger partial charge is 0.462 e. The lowest BCUT2D eigenvalue weighted by Gasteiger charge is -2.14. The molecule has 0 atom stereocenters. The van der Waals surface area contributed by atoms with Gasteiger partial charge in [0, 0.05) is 6.54 Å². The van der Waals surface area contributed by atoms with Crippen LogP contribution in [0.3, 0.4) is 0 Å². The van der Waals surface area contributed by atoms with Gasteiger partial charge in [-0.15, -0.1) is 0 Å². The summed E-state index contributed by atoms with van der Waals surface area (Å²) in [5, 5.41) is 2.53. The Kier molecular flexibility index (Phi) is 5.02. The molecular formula is C12H15F3N2O2. The first kappa shape index (κ1) is 15.1. The van der Waals surface area contributed by atoms with Gasteiger partial charge in [-0.25, -0.2) is 4.79 Å². The average Bonchev–Trinajstić information content (AvgIpc) is 2.30. The van der Waals surface area contributed by atoms with Crippen molar-refractivity contribution in [1.29, 1.82) is 0 Å². The number of benzene rings is 1. The van der Waals surface area contributed by atoms with Gasteiger partial charge in [-0.3, -0.25) is 0 Å². The first-order valence-electron chi connectivity index (χ1n) is 5.71.